The fraction of sp³-hybridized carbons (Fsp3) is 0.160. The second kappa shape index (κ2) is 10.4. The lowest BCUT2D eigenvalue weighted by Gasteiger charge is -2.15. The van der Waals surface area contributed by atoms with E-state index in [1.165, 1.54) is 13.2 Å². The highest BCUT2D eigenvalue weighted by molar-refractivity contribution is 6.16. The van der Waals surface area contributed by atoms with E-state index in [4.69, 9.17) is 14.2 Å². The van der Waals surface area contributed by atoms with Crippen molar-refractivity contribution in [2.45, 2.75) is 20.1 Å². The number of allylic oxidation sites excluding steroid dienone is 1. The highest BCUT2D eigenvalue weighted by Gasteiger charge is 2.19. The lowest BCUT2D eigenvalue weighted by Crippen LogP contribution is -2.08. The molecule has 0 saturated carbocycles. The molecule has 3 aromatic rings. The van der Waals surface area contributed by atoms with Gasteiger partial charge in [0.1, 0.15) is 13.2 Å². The summed E-state index contributed by atoms with van der Waals surface area (Å²) in [4.78, 5) is 12.0. The fourth-order valence-electron chi connectivity index (χ4n) is 3.05. The molecule has 0 N–H and O–H groups in total. The molecule has 0 fully saturated rings. The zero-order valence-electron chi connectivity index (χ0n) is 17.2. The van der Waals surface area contributed by atoms with E-state index in [0.717, 1.165) is 11.6 Å². The number of methoxy groups -OCH3 is 1. The Kier molecular flexibility index (Phi) is 7.38. The third-order valence-electron chi connectivity index (χ3n) is 4.62. The van der Waals surface area contributed by atoms with Gasteiger partial charge >= 0.3 is 5.97 Å². The van der Waals surface area contributed by atoms with Crippen molar-refractivity contribution >= 4 is 11.5 Å². The highest BCUT2D eigenvalue weighted by atomic mass is 19.1. The fourth-order valence-corrected chi connectivity index (χ4v) is 3.05. The lowest BCUT2D eigenvalue weighted by atomic mass is 10.00. The Balaban J connectivity index is 1.79. The molecule has 31 heavy (non-hydrogen) atoms. The summed E-state index contributed by atoms with van der Waals surface area (Å²) in [5.41, 5.74) is 2.41. The Morgan fingerprint density at radius 2 is 1.61 bits per heavy atom. The first kappa shape index (κ1) is 22.0. The van der Waals surface area contributed by atoms with Crippen molar-refractivity contribution in [1.82, 2.24) is 0 Å². The summed E-state index contributed by atoms with van der Waals surface area (Å²) in [7, 11) is 1.30. The highest BCUT2D eigenvalue weighted by Crippen LogP contribution is 2.31. The molecule has 3 rings (SSSR count). The number of carbonyl (C=O) groups is 1. The minimum absolute atomic E-state index is 0.0186. The van der Waals surface area contributed by atoms with Gasteiger partial charge in [-0.2, -0.15) is 4.39 Å². The van der Waals surface area contributed by atoms with Crippen LogP contribution in [0.2, 0.25) is 0 Å². The van der Waals surface area contributed by atoms with Gasteiger partial charge in [0.25, 0.3) is 0 Å². The Labute approximate surface area is 179 Å². The SMILES string of the molecule is CC=C(C(=O)OC)c1ccccc1COc1ccc(F)c(OCc2ccccc2)c1F. The molecule has 0 atom stereocenters. The summed E-state index contributed by atoms with van der Waals surface area (Å²) in [6.45, 7) is 1.70. The van der Waals surface area contributed by atoms with Crippen LogP contribution in [0.4, 0.5) is 8.78 Å². The van der Waals surface area contributed by atoms with Gasteiger partial charge in [-0.1, -0.05) is 60.7 Å². The van der Waals surface area contributed by atoms with Gasteiger partial charge in [-0.05, 0) is 35.7 Å². The molecule has 4 nitrogen and oxygen atoms in total. The number of esters is 1. The van der Waals surface area contributed by atoms with Crippen molar-refractivity contribution in [3.05, 3.63) is 101 Å². The van der Waals surface area contributed by atoms with E-state index in [9.17, 15) is 13.6 Å². The molecule has 0 saturated heterocycles. The predicted molar refractivity (Wildman–Crippen MR) is 114 cm³/mol. The van der Waals surface area contributed by atoms with Crippen LogP contribution in [0, 0.1) is 11.6 Å². The zero-order chi connectivity index (χ0) is 22.2. The molecule has 0 aromatic heterocycles. The maximum atomic E-state index is 14.9. The van der Waals surface area contributed by atoms with E-state index in [2.05, 4.69) is 0 Å². The molecule has 160 valence electrons. The Bertz CT molecular complexity index is 1080. The van der Waals surface area contributed by atoms with Gasteiger partial charge < -0.3 is 14.2 Å². The molecular formula is C25H22F2O4. The molecular weight excluding hydrogens is 402 g/mol. The van der Waals surface area contributed by atoms with Crippen molar-refractivity contribution in [2.75, 3.05) is 7.11 Å². The molecule has 0 spiro atoms. The quantitative estimate of drug-likeness (QED) is 0.344. The van der Waals surface area contributed by atoms with Crippen LogP contribution < -0.4 is 9.47 Å². The number of hydrogen-bond donors (Lipinski definition) is 0. The summed E-state index contributed by atoms with van der Waals surface area (Å²) in [5.74, 6) is -2.88. The van der Waals surface area contributed by atoms with Crippen LogP contribution in [-0.2, 0) is 22.7 Å². The number of carbonyl (C=O) groups excluding carboxylic acids is 1. The third kappa shape index (κ3) is 5.28. The summed E-state index contributed by atoms with van der Waals surface area (Å²) in [6, 6.07) is 18.4. The molecule has 0 aliphatic carbocycles. The van der Waals surface area contributed by atoms with Crippen molar-refractivity contribution < 1.29 is 27.8 Å². The van der Waals surface area contributed by atoms with Gasteiger partial charge in [0, 0.05) is 0 Å². The van der Waals surface area contributed by atoms with E-state index in [1.54, 1.807) is 49.4 Å². The number of rotatable bonds is 8. The average Bonchev–Trinajstić information content (AvgIpc) is 2.80. The van der Waals surface area contributed by atoms with Gasteiger partial charge in [0.2, 0.25) is 5.82 Å². The Morgan fingerprint density at radius 3 is 2.32 bits per heavy atom. The second-order valence-corrected chi connectivity index (χ2v) is 6.60. The van der Waals surface area contributed by atoms with Crippen molar-refractivity contribution in [2.24, 2.45) is 0 Å². The lowest BCUT2D eigenvalue weighted by molar-refractivity contribution is -0.133. The summed E-state index contributed by atoms with van der Waals surface area (Å²) >= 11 is 0. The summed E-state index contributed by atoms with van der Waals surface area (Å²) in [6.07, 6.45) is 1.64. The zero-order valence-corrected chi connectivity index (χ0v) is 17.2. The van der Waals surface area contributed by atoms with Gasteiger partial charge in [-0.3, -0.25) is 0 Å². The monoisotopic (exact) mass is 424 g/mol. The number of hydrogen-bond acceptors (Lipinski definition) is 4. The first-order chi connectivity index (χ1) is 15.0. The van der Waals surface area contributed by atoms with Gasteiger partial charge in [0.15, 0.2) is 17.3 Å². The molecule has 0 aliphatic rings. The molecule has 6 heteroatoms. The molecule has 0 bridgehead atoms. The van der Waals surface area contributed by atoms with E-state index in [0.29, 0.717) is 16.7 Å². The van der Waals surface area contributed by atoms with Crippen LogP contribution in [0.3, 0.4) is 0 Å². The molecule has 0 aliphatic heterocycles. The van der Waals surface area contributed by atoms with Crippen molar-refractivity contribution in [3.63, 3.8) is 0 Å². The topological polar surface area (TPSA) is 44.8 Å². The van der Waals surface area contributed by atoms with Crippen LogP contribution in [0.1, 0.15) is 23.6 Å². The largest absolute Gasteiger partial charge is 0.486 e. The van der Waals surface area contributed by atoms with Crippen LogP contribution in [0.5, 0.6) is 11.5 Å². The summed E-state index contributed by atoms with van der Waals surface area (Å²) in [5, 5.41) is 0. The summed E-state index contributed by atoms with van der Waals surface area (Å²) < 4.78 is 44.8. The molecule has 3 aromatic carbocycles. The first-order valence-electron chi connectivity index (χ1n) is 9.65. The normalized spacial score (nSPS) is 11.2. The minimum Gasteiger partial charge on any atom is -0.486 e. The smallest absolute Gasteiger partial charge is 0.338 e. The Hall–Kier alpha value is -3.67. The van der Waals surface area contributed by atoms with Gasteiger partial charge in [-0.25, -0.2) is 9.18 Å². The first-order valence-corrected chi connectivity index (χ1v) is 9.65. The van der Waals surface area contributed by atoms with E-state index < -0.39 is 23.4 Å². The Morgan fingerprint density at radius 1 is 0.903 bits per heavy atom. The molecule has 0 amide bonds. The van der Waals surface area contributed by atoms with Crippen molar-refractivity contribution in [3.8, 4) is 11.5 Å². The predicted octanol–water partition coefficient (Wildman–Crippen LogP) is 5.70. The van der Waals surface area contributed by atoms with Crippen LogP contribution >= 0.6 is 0 Å². The maximum absolute atomic E-state index is 14.9. The van der Waals surface area contributed by atoms with E-state index >= 15 is 0 Å². The van der Waals surface area contributed by atoms with Crippen molar-refractivity contribution in [1.29, 1.82) is 0 Å². The maximum Gasteiger partial charge on any atom is 0.338 e. The minimum atomic E-state index is -0.923. The molecule has 0 radical (unpaired) electrons. The standard InChI is InChI=1S/C25H22F2O4/c1-3-19(25(28)29-2)20-12-8-7-11-18(20)16-30-22-14-13-21(26)24(23(22)27)31-15-17-9-5-4-6-10-17/h3-14H,15-16H2,1-2H3. The molecule has 0 heterocycles. The van der Waals surface area contributed by atoms with Gasteiger partial charge in [-0.15, -0.1) is 0 Å². The van der Waals surface area contributed by atoms with Crippen LogP contribution in [-0.4, -0.2) is 13.1 Å². The molecule has 0 unspecified atom stereocenters. The third-order valence-corrected chi connectivity index (χ3v) is 4.62. The number of benzene rings is 3. The van der Waals surface area contributed by atoms with E-state index in [1.807, 2.05) is 18.2 Å². The average molecular weight is 424 g/mol. The second-order valence-electron chi connectivity index (χ2n) is 6.60. The van der Waals surface area contributed by atoms with E-state index in [-0.39, 0.29) is 19.0 Å². The van der Waals surface area contributed by atoms with Crippen LogP contribution in [0.15, 0.2) is 72.8 Å². The number of ether oxygens (including phenoxy) is 3. The number of halogens is 2. The van der Waals surface area contributed by atoms with Crippen LogP contribution in [0.25, 0.3) is 5.57 Å². The van der Waals surface area contributed by atoms with Gasteiger partial charge in [0.05, 0.1) is 12.7 Å².